The predicted octanol–water partition coefficient (Wildman–Crippen LogP) is 5.50. The van der Waals surface area contributed by atoms with Crippen LogP contribution in [-0.2, 0) is 4.74 Å². The van der Waals surface area contributed by atoms with Gasteiger partial charge < -0.3 is 10.1 Å². The maximum Gasteiger partial charge on any atom is 0.343 e. The van der Waals surface area contributed by atoms with Gasteiger partial charge in [-0.25, -0.2) is 19.7 Å². The van der Waals surface area contributed by atoms with Gasteiger partial charge in [0, 0.05) is 22.7 Å². The van der Waals surface area contributed by atoms with E-state index in [-0.39, 0.29) is 12.2 Å². The van der Waals surface area contributed by atoms with Crippen LogP contribution in [0, 0.1) is 6.92 Å². The van der Waals surface area contributed by atoms with E-state index in [2.05, 4.69) is 20.3 Å². The van der Waals surface area contributed by atoms with Crippen LogP contribution in [0.15, 0.2) is 66.2 Å². The molecule has 2 aromatic carbocycles. The molecular weight excluding hydrogens is 396 g/mol. The molecule has 0 saturated heterocycles. The van der Waals surface area contributed by atoms with Gasteiger partial charge in [0.05, 0.1) is 12.3 Å². The van der Waals surface area contributed by atoms with E-state index >= 15 is 0 Å². The standard InChI is InChI=1S/C23H20N4O2S/c1-3-29-22(28)18-13-24-20(17-11-7-8-15(2)12-17)26-21(18)27-23-25-19(14-30-23)16-9-5-4-6-10-16/h4-14H,3H2,1-2H3,(H,24,25,26,27). The first kappa shape index (κ1) is 19.7. The number of carbonyl (C=O) groups is 1. The van der Waals surface area contributed by atoms with Crippen LogP contribution >= 0.6 is 11.3 Å². The molecule has 0 atom stereocenters. The maximum atomic E-state index is 12.4. The van der Waals surface area contributed by atoms with Gasteiger partial charge in [-0.15, -0.1) is 11.3 Å². The van der Waals surface area contributed by atoms with Crippen LogP contribution in [0.5, 0.6) is 0 Å². The Morgan fingerprint density at radius 1 is 1.07 bits per heavy atom. The largest absolute Gasteiger partial charge is 0.462 e. The molecule has 0 aliphatic heterocycles. The van der Waals surface area contributed by atoms with Gasteiger partial charge in [0.2, 0.25) is 0 Å². The number of nitrogens with zero attached hydrogens (tertiary/aromatic N) is 3. The summed E-state index contributed by atoms with van der Waals surface area (Å²) in [5.74, 6) is 0.415. The number of hydrogen-bond acceptors (Lipinski definition) is 7. The first-order valence-corrected chi connectivity index (χ1v) is 10.4. The molecule has 150 valence electrons. The maximum absolute atomic E-state index is 12.4. The first-order chi connectivity index (χ1) is 14.6. The first-order valence-electron chi connectivity index (χ1n) is 9.53. The summed E-state index contributed by atoms with van der Waals surface area (Å²) in [6.07, 6.45) is 1.50. The zero-order valence-electron chi connectivity index (χ0n) is 16.6. The number of esters is 1. The fourth-order valence-corrected chi connectivity index (χ4v) is 3.65. The highest BCUT2D eigenvalue weighted by atomic mass is 32.1. The van der Waals surface area contributed by atoms with Gasteiger partial charge in [-0.1, -0.05) is 54.1 Å². The summed E-state index contributed by atoms with van der Waals surface area (Å²) < 4.78 is 5.17. The molecule has 0 saturated carbocycles. The Morgan fingerprint density at radius 3 is 2.63 bits per heavy atom. The normalized spacial score (nSPS) is 10.6. The third kappa shape index (κ3) is 4.36. The lowest BCUT2D eigenvalue weighted by Crippen LogP contribution is -2.11. The van der Waals surface area contributed by atoms with E-state index in [0.29, 0.717) is 16.8 Å². The summed E-state index contributed by atoms with van der Waals surface area (Å²) in [7, 11) is 0. The lowest BCUT2D eigenvalue weighted by Gasteiger charge is -2.10. The number of anilines is 2. The van der Waals surface area contributed by atoms with Crippen LogP contribution in [-0.4, -0.2) is 27.5 Å². The van der Waals surface area contributed by atoms with Crippen molar-refractivity contribution in [3.63, 3.8) is 0 Å². The summed E-state index contributed by atoms with van der Waals surface area (Å²) in [6.45, 7) is 4.05. The summed E-state index contributed by atoms with van der Waals surface area (Å²) in [5, 5.41) is 5.78. The molecule has 2 heterocycles. The molecule has 4 rings (SSSR count). The van der Waals surface area contributed by atoms with Gasteiger partial charge in [0.15, 0.2) is 16.8 Å². The van der Waals surface area contributed by atoms with E-state index in [1.54, 1.807) is 6.92 Å². The predicted molar refractivity (Wildman–Crippen MR) is 119 cm³/mol. The third-order valence-electron chi connectivity index (χ3n) is 4.36. The van der Waals surface area contributed by atoms with Crippen LogP contribution in [0.2, 0.25) is 0 Å². The van der Waals surface area contributed by atoms with Gasteiger partial charge in [0.1, 0.15) is 5.56 Å². The summed E-state index contributed by atoms with van der Waals surface area (Å²) in [4.78, 5) is 26.0. The van der Waals surface area contributed by atoms with Crippen LogP contribution in [0.1, 0.15) is 22.8 Å². The van der Waals surface area contributed by atoms with E-state index in [0.717, 1.165) is 22.4 Å². The van der Waals surface area contributed by atoms with Gasteiger partial charge in [0.25, 0.3) is 0 Å². The molecule has 1 N–H and O–H groups in total. The minimum Gasteiger partial charge on any atom is -0.462 e. The molecule has 7 heteroatoms. The van der Waals surface area contributed by atoms with Crippen molar-refractivity contribution in [2.24, 2.45) is 0 Å². The average Bonchev–Trinajstić information content (AvgIpc) is 3.23. The Bertz CT molecular complexity index is 1170. The van der Waals surface area contributed by atoms with Crippen LogP contribution in [0.25, 0.3) is 22.6 Å². The molecule has 0 unspecified atom stereocenters. The van der Waals surface area contributed by atoms with Crippen LogP contribution in [0.3, 0.4) is 0 Å². The molecule has 0 radical (unpaired) electrons. The van der Waals surface area contributed by atoms with Crippen molar-refractivity contribution in [2.75, 3.05) is 11.9 Å². The van der Waals surface area contributed by atoms with Crippen molar-refractivity contribution in [2.45, 2.75) is 13.8 Å². The summed E-state index contributed by atoms with van der Waals surface area (Å²) in [5.41, 5.74) is 4.12. The zero-order valence-corrected chi connectivity index (χ0v) is 17.4. The van der Waals surface area contributed by atoms with Gasteiger partial charge in [-0.3, -0.25) is 0 Å². The molecule has 2 aromatic heterocycles. The molecule has 0 aliphatic rings. The smallest absolute Gasteiger partial charge is 0.343 e. The van der Waals surface area contributed by atoms with Crippen LogP contribution in [0.4, 0.5) is 10.9 Å². The average molecular weight is 417 g/mol. The Kier molecular flexibility index (Phi) is 5.81. The summed E-state index contributed by atoms with van der Waals surface area (Å²) >= 11 is 1.44. The molecule has 6 nitrogen and oxygen atoms in total. The number of nitrogens with one attached hydrogen (secondary N) is 1. The monoisotopic (exact) mass is 416 g/mol. The van der Waals surface area contributed by atoms with Crippen molar-refractivity contribution in [1.29, 1.82) is 0 Å². The van der Waals surface area contributed by atoms with Crippen molar-refractivity contribution in [3.05, 3.63) is 77.3 Å². The van der Waals surface area contributed by atoms with Gasteiger partial charge in [-0.2, -0.15) is 0 Å². The molecule has 4 aromatic rings. The number of rotatable bonds is 6. The molecule has 0 bridgehead atoms. The van der Waals surface area contributed by atoms with Crippen LogP contribution < -0.4 is 5.32 Å². The number of aryl methyl sites for hydroxylation is 1. The molecule has 0 aliphatic carbocycles. The molecule has 0 fully saturated rings. The highest BCUT2D eigenvalue weighted by Gasteiger charge is 2.18. The second-order valence-corrected chi connectivity index (χ2v) is 7.43. The zero-order chi connectivity index (χ0) is 20.9. The van der Waals surface area contributed by atoms with Crippen molar-refractivity contribution < 1.29 is 9.53 Å². The lowest BCUT2D eigenvalue weighted by molar-refractivity contribution is 0.0526. The highest BCUT2D eigenvalue weighted by Crippen LogP contribution is 2.29. The number of aromatic nitrogens is 3. The van der Waals surface area contributed by atoms with E-state index in [1.165, 1.54) is 17.5 Å². The lowest BCUT2D eigenvalue weighted by atomic mass is 10.1. The third-order valence-corrected chi connectivity index (χ3v) is 5.12. The van der Waals surface area contributed by atoms with Gasteiger partial charge >= 0.3 is 5.97 Å². The second kappa shape index (κ2) is 8.84. The Labute approximate surface area is 178 Å². The number of carbonyl (C=O) groups excluding carboxylic acids is 1. The van der Waals surface area contributed by atoms with Gasteiger partial charge in [-0.05, 0) is 19.9 Å². The van der Waals surface area contributed by atoms with E-state index < -0.39 is 5.97 Å². The number of hydrogen-bond donors (Lipinski definition) is 1. The molecular formula is C23H20N4O2S. The topological polar surface area (TPSA) is 77.0 Å². The SMILES string of the molecule is CCOC(=O)c1cnc(-c2cccc(C)c2)nc1Nc1nc(-c2ccccc2)cs1. The second-order valence-electron chi connectivity index (χ2n) is 6.57. The molecule has 30 heavy (non-hydrogen) atoms. The quantitative estimate of drug-likeness (QED) is 0.419. The highest BCUT2D eigenvalue weighted by molar-refractivity contribution is 7.14. The fraction of sp³-hybridized carbons (Fsp3) is 0.130. The van der Waals surface area contributed by atoms with Crippen molar-refractivity contribution in [3.8, 4) is 22.6 Å². The number of ether oxygens (including phenoxy) is 1. The minimum atomic E-state index is -0.476. The number of thiazole rings is 1. The number of benzene rings is 2. The van der Waals surface area contributed by atoms with E-state index in [9.17, 15) is 4.79 Å². The van der Waals surface area contributed by atoms with E-state index in [1.807, 2.05) is 66.9 Å². The van der Waals surface area contributed by atoms with E-state index in [4.69, 9.17) is 4.74 Å². The Hall–Kier alpha value is -3.58. The Balaban J connectivity index is 1.70. The van der Waals surface area contributed by atoms with Crippen molar-refractivity contribution >= 4 is 28.3 Å². The summed E-state index contributed by atoms with van der Waals surface area (Å²) in [6, 6.07) is 17.8. The minimum absolute atomic E-state index is 0.268. The fourth-order valence-electron chi connectivity index (χ4n) is 2.93. The molecule has 0 spiro atoms. The Morgan fingerprint density at radius 2 is 1.87 bits per heavy atom. The van der Waals surface area contributed by atoms with Crippen molar-refractivity contribution in [1.82, 2.24) is 15.0 Å². The molecule has 0 amide bonds.